The number of hydrogen-bond acceptors (Lipinski definition) is 9. The van der Waals surface area contributed by atoms with Crippen molar-refractivity contribution in [3.05, 3.63) is 23.7 Å². The molecule has 9 heteroatoms. The molecule has 3 atom stereocenters. The van der Waals surface area contributed by atoms with E-state index >= 15 is 0 Å². The Morgan fingerprint density at radius 2 is 2.03 bits per heavy atom. The monoisotopic (exact) mass is 468 g/mol. The first-order valence-corrected chi connectivity index (χ1v) is 12.5. The van der Waals surface area contributed by atoms with Crippen molar-refractivity contribution in [2.45, 2.75) is 70.6 Å². The summed E-state index contributed by atoms with van der Waals surface area (Å²) in [6, 6.07) is 2.28. The zero-order valence-electron chi connectivity index (χ0n) is 19.7. The normalized spacial score (nSPS) is 22.5. The molecule has 0 amide bonds. The minimum atomic E-state index is -0.429. The van der Waals surface area contributed by atoms with Gasteiger partial charge in [0.25, 0.3) is 0 Å². The second kappa shape index (κ2) is 8.77. The Hall–Kier alpha value is -2.36. The SMILES string of the molecule is COC(C)CNc1nc(C)c(-c2nc3c(C)nccc3s2)c(NC2CCC(C3(O)CC3)C2)n1. The van der Waals surface area contributed by atoms with Crippen molar-refractivity contribution in [3.63, 3.8) is 0 Å². The minimum absolute atomic E-state index is 0.0552. The van der Waals surface area contributed by atoms with Crippen LogP contribution in [-0.2, 0) is 4.74 Å². The molecule has 5 rings (SSSR count). The maximum Gasteiger partial charge on any atom is 0.224 e. The molecular weight excluding hydrogens is 436 g/mol. The van der Waals surface area contributed by atoms with E-state index in [-0.39, 0.29) is 12.1 Å². The molecule has 3 aromatic rings. The number of thiazole rings is 1. The fourth-order valence-electron chi connectivity index (χ4n) is 4.75. The van der Waals surface area contributed by atoms with Crippen LogP contribution in [-0.4, -0.2) is 56.4 Å². The summed E-state index contributed by atoms with van der Waals surface area (Å²) in [5.41, 5.74) is 3.23. The summed E-state index contributed by atoms with van der Waals surface area (Å²) in [7, 11) is 1.70. The summed E-state index contributed by atoms with van der Waals surface area (Å²) in [5.74, 6) is 1.75. The van der Waals surface area contributed by atoms with Crippen molar-refractivity contribution in [3.8, 4) is 10.6 Å². The van der Waals surface area contributed by atoms with Gasteiger partial charge >= 0.3 is 0 Å². The number of rotatable bonds is 8. The van der Waals surface area contributed by atoms with E-state index < -0.39 is 5.60 Å². The third kappa shape index (κ3) is 4.54. The summed E-state index contributed by atoms with van der Waals surface area (Å²) in [6.45, 7) is 6.62. The van der Waals surface area contributed by atoms with Gasteiger partial charge in [-0.25, -0.2) is 9.97 Å². The molecule has 176 valence electrons. The van der Waals surface area contributed by atoms with Gasteiger partial charge in [-0.15, -0.1) is 11.3 Å². The van der Waals surface area contributed by atoms with Crippen LogP contribution in [0.4, 0.5) is 11.8 Å². The molecule has 3 heterocycles. The minimum Gasteiger partial charge on any atom is -0.390 e. The maximum atomic E-state index is 10.6. The second-order valence-electron chi connectivity index (χ2n) is 9.50. The van der Waals surface area contributed by atoms with Gasteiger partial charge in [-0.3, -0.25) is 4.98 Å². The third-order valence-electron chi connectivity index (χ3n) is 7.04. The predicted octanol–water partition coefficient (Wildman–Crippen LogP) is 4.32. The van der Waals surface area contributed by atoms with Crippen LogP contribution in [0.5, 0.6) is 0 Å². The van der Waals surface area contributed by atoms with E-state index in [0.29, 0.717) is 18.4 Å². The number of methoxy groups -OCH3 is 1. The van der Waals surface area contributed by atoms with Gasteiger partial charge in [-0.05, 0) is 64.9 Å². The number of aryl methyl sites for hydroxylation is 2. The Morgan fingerprint density at radius 3 is 2.76 bits per heavy atom. The molecule has 0 aromatic carbocycles. The standard InChI is InChI=1S/C24H32N6O2S/c1-13(32-4)12-26-23-27-14(2)19(22-29-20-15(3)25-10-7-18(20)33-22)21(30-23)28-17-6-5-16(11-17)24(31)8-9-24/h7,10,13,16-17,31H,5-6,8-9,11-12H2,1-4H3,(H2,26,27,28,30). The van der Waals surface area contributed by atoms with E-state index in [4.69, 9.17) is 19.7 Å². The lowest BCUT2D eigenvalue weighted by molar-refractivity contribution is 0.0847. The number of hydrogen-bond donors (Lipinski definition) is 3. The number of nitrogens with one attached hydrogen (secondary N) is 2. The summed E-state index contributed by atoms with van der Waals surface area (Å²) in [5, 5.41) is 18.5. The molecule has 0 bridgehead atoms. The second-order valence-corrected chi connectivity index (χ2v) is 10.5. The van der Waals surface area contributed by atoms with Gasteiger partial charge in [0.15, 0.2) is 0 Å². The third-order valence-corrected chi connectivity index (χ3v) is 8.08. The average molecular weight is 469 g/mol. The molecule has 2 aliphatic carbocycles. The Labute approximate surface area is 198 Å². The molecule has 2 fully saturated rings. The topological polar surface area (TPSA) is 105 Å². The lowest BCUT2D eigenvalue weighted by Gasteiger charge is -2.20. The van der Waals surface area contributed by atoms with Crippen molar-refractivity contribution in [2.24, 2.45) is 5.92 Å². The van der Waals surface area contributed by atoms with E-state index in [1.54, 1.807) is 18.4 Å². The molecule has 2 saturated carbocycles. The first-order chi connectivity index (χ1) is 15.9. The Bertz CT molecular complexity index is 1160. The largest absolute Gasteiger partial charge is 0.390 e. The number of nitrogens with zero attached hydrogens (tertiary/aromatic N) is 4. The van der Waals surface area contributed by atoms with Crippen LogP contribution in [0.15, 0.2) is 12.3 Å². The molecule has 3 unspecified atom stereocenters. The van der Waals surface area contributed by atoms with Crippen molar-refractivity contribution in [1.29, 1.82) is 0 Å². The van der Waals surface area contributed by atoms with Gasteiger partial charge in [-0.1, -0.05) is 0 Å². The summed E-state index contributed by atoms with van der Waals surface area (Å²) in [4.78, 5) is 18.9. The fourth-order valence-corrected chi connectivity index (χ4v) is 5.86. The van der Waals surface area contributed by atoms with Crippen molar-refractivity contribution >= 4 is 33.3 Å². The Morgan fingerprint density at radius 1 is 1.21 bits per heavy atom. The number of pyridine rings is 1. The van der Waals surface area contributed by atoms with Gasteiger partial charge in [0.1, 0.15) is 16.3 Å². The predicted molar refractivity (Wildman–Crippen MR) is 132 cm³/mol. The van der Waals surface area contributed by atoms with Crippen LogP contribution < -0.4 is 10.6 Å². The molecule has 0 saturated heterocycles. The number of fused-ring (bicyclic) bond motifs is 1. The zero-order valence-corrected chi connectivity index (χ0v) is 20.5. The van der Waals surface area contributed by atoms with Crippen LogP contribution in [0.2, 0.25) is 0 Å². The molecule has 0 radical (unpaired) electrons. The van der Waals surface area contributed by atoms with Crippen LogP contribution >= 0.6 is 11.3 Å². The van der Waals surface area contributed by atoms with Gasteiger partial charge in [0, 0.05) is 25.9 Å². The number of anilines is 2. The molecule has 8 nitrogen and oxygen atoms in total. The highest BCUT2D eigenvalue weighted by Crippen LogP contribution is 2.49. The summed E-state index contributed by atoms with van der Waals surface area (Å²) >= 11 is 1.64. The van der Waals surface area contributed by atoms with Gasteiger partial charge < -0.3 is 20.5 Å². The molecule has 0 spiro atoms. The van der Waals surface area contributed by atoms with Crippen molar-refractivity contribution < 1.29 is 9.84 Å². The Balaban J connectivity index is 1.49. The fraction of sp³-hybridized carbons (Fsp3) is 0.583. The van der Waals surface area contributed by atoms with Gasteiger partial charge in [-0.2, -0.15) is 4.98 Å². The average Bonchev–Trinajstić information content (AvgIpc) is 3.18. The highest BCUT2D eigenvalue weighted by atomic mass is 32.1. The molecule has 3 aromatic heterocycles. The molecular formula is C24H32N6O2S. The highest BCUT2D eigenvalue weighted by molar-refractivity contribution is 7.21. The summed E-state index contributed by atoms with van der Waals surface area (Å²) < 4.78 is 6.46. The van der Waals surface area contributed by atoms with E-state index in [1.165, 1.54) is 0 Å². The number of aliphatic hydroxyl groups is 1. The molecule has 33 heavy (non-hydrogen) atoms. The van der Waals surface area contributed by atoms with Crippen LogP contribution in [0.1, 0.15) is 50.4 Å². The molecule has 0 aliphatic heterocycles. The van der Waals surface area contributed by atoms with E-state index in [9.17, 15) is 5.11 Å². The van der Waals surface area contributed by atoms with Gasteiger partial charge in [0.05, 0.1) is 33.4 Å². The number of ether oxygens (including phenoxy) is 1. The smallest absolute Gasteiger partial charge is 0.224 e. The summed E-state index contributed by atoms with van der Waals surface area (Å²) in [6.07, 6.45) is 6.80. The first kappa shape index (κ1) is 22.4. The van der Waals surface area contributed by atoms with E-state index in [2.05, 4.69) is 15.6 Å². The van der Waals surface area contributed by atoms with Crippen LogP contribution in [0.3, 0.4) is 0 Å². The first-order valence-electron chi connectivity index (χ1n) is 11.7. The highest BCUT2D eigenvalue weighted by Gasteiger charge is 2.50. The Kier molecular flexibility index (Phi) is 5.96. The maximum absolute atomic E-state index is 10.6. The molecule has 2 aliphatic rings. The van der Waals surface area contributed by atoms with E-state index in [1.807, 2.05) is 33.0 Å². The quantitative estimate of drug-likeness (QED) is 0.449. The lowest BCUT2D eigenvalue weighted by Crippen LogP contribution is -2.24. The number of aromatic nitrogens is 4. The van der Waals surface area contributed by atoms with Crippen LogP contribution in [0, 0.1) is 19.8 Å². The lowest BCUT2D eigenvalue weighted by atomic mass is 9.98. The van der Waals surface area contributed by atoms with Crippen LogP contribution in [0.25, 0.3) is 20.8 Å². The molecule has 3 N–H and O–H groups in total. The van der Waals surface area contributed by atoms with Crippen molar-refractivity contribution in [2.75, 3.05) is 24.3 Å². The van der Waals surface area contributed by atoms with Crippen molar-refractivity contribution in [1.82, 2.24) is 19.9 Å². The zero-order chi connectivity index (χ0) is 23.2. The van der Waals surface area contributed by atoms with Gasteiger partial charge in [0.2, 0.25) is 5.95 Å². The van der Waals surface area contributed by atoms with E-state index in [0.717, 1.165) is 70.1 Å².